The first kappa shape index (κ1) is 13.5. The van der Waals surface area contributed by atoms with Crippen molar-refractivity contribution in [2.45, 2.75) is 13.8 Å². The van der Waals surface area contributed by atoms with Crippen molar-refractivity contribution in [1.29, 1.82) is 0 Å². The van der Waals surface area contributed by atoms with E-state index < -0.39 is 0 Å². The van der Waals surface area contributed by atoms with Crippen molar-refractivity contribution in [2.75, 3.05) is 6.61 Å². The van der Waals surface area contributed by atoms with E-state index in [0.29, 0.717) is 23.0 Å². The molecule has 0 bridgehead atoms. The van der Waals surface area contributed by atoms with Gasteiger partial charge in [0.25, 0.3) is 0 Å². The first-order valence-corrected chi connectivity index (χ1v) is 5.72. The van der Waals surface area contributed by atoms with Gasteiger partial charge in [-0.2, -0.15) is 0 Å². The van der Waals surface area contributed by atoms with Gasteiger partial charge in [-0.25, -0.2) is 0 Å². The molecule has 90 valence electrons. The number of halogens is 1. The van der Waals surface area contributed by atoms with Crippen LogP contribution in [0.2, 0.25) is 5.02 Å². The number of hydrogen-bond donors (Lipinski definition) is 0. The van der Waals surface area contributed by atoms with Gasteiger partial charge in [0.2, 0.25) is 0 Å². The highest BCUT2D eigenvalue weighted by atomic mass is 35.5. The van der Waals surface area contributed by atoms with Crippen LogP contribution in [0.1, 0.15) is 19.4 Å². The number of allylic oxidation sites excluding steroid dienone is 1. The van der Waals surface area contributed by atoms with Crippen LogP contribution in [0.25, 0.3) is 6.08 Å². The van der Waals surface area contributed by atoms with Crippen molar-refractivity contribution in [1.82, 2.24) is 0 Å². The number of hydrogen-bond acceptors (Lipinski definition) is 2. The average Bonchev–Trinajstić information content (AvgIpc) is 2.26. The van der Waals surface area contributed by atoms with Gasteiger partial charge in [0.1, 0.15) is 5.76 Å². The first-order chi connectivity index (χ1) is 8.04. The quantitative estimate of drug-likeness (QED) is 0.451. The Balaban J connectivity index is 3.06. The molecule has 0 aromatic heterocycles. The maximum Gasteiger partial charge on any atom is 0.163 e. The lowest BCUT2D eigenvalue weighted by Gasteiger charge is -2.08. The number of ketones is 1. The van der Waals surface area contributed by atoms with Gasteiger partial charge in [0.05, 0.1) is 12.2 Å². The number of rotatable bonds is 5. The Morgan fingerprint density at radius 2 is 2.24 bits per heavy atom. The van der Waals surface area contributed by atoms with Crippen LogP contribution in [0.15, 0.2) is 42.2 Å². The Kier molecular flexibility index (Phi) is 4.98. The fraction of sp³-hybridized carbons (Fsp3) is 0.214. The Morgan fingerprint density at radius 3 is 2.76 bits per heavy atom. The van der Waals surface area contributed by atoms with Gasteiger partial charge in [-0.15, -0.1) is 0 Å². The van der Waals surface area contributed by atoms with Crippen molar-refractivity contribution >= 4 is 23.5 Å². The van der Waals surface area contributed by atoms with Crippen LogP contribution in [-0.4, -0.2) is 12.4 Å². The Hall–Kier alpha value is -1.54. The van der Waals surface area contributed by atoms with Crippen LogP contribution in [-0.2, 0) is 9.53 Å². The standard InChI is InChI=1S/C14H15ClO2/c1-4-17-11(3)14(10(2)16)9-12-6-5-7-13(15)8-12/h5-9H,3-4H2,1-2H3/b14-9+. The number of ether oxygens (including phenoxy) is 1. The molecule has 1 rings (SSSR count). The average molecular weight is 251 g/mol. The second-order valence-electron chi connectivity index (χ2n) is 3.53. The summed E-state index contributed by atoms with van der Waals surface area (Å²) in [5.74, 6) is 0.309. The second-order valence-corrected chi connectivity index (χ2v) is 3.96. The van der Waals surface area contributed by atoms with Gasteiger partial charge in [0.15, 0.2) is 5.78 Å². The van der Waals surface area contributed by atoms with Crippen molar-refractivity contribution in [3.8, 4) is 0 Å². The summed E-state index contributed by atoms with van der Waals surface area (Å²) in [6.45, 7) is 7.56. The van der Waals surface area contributed by atoms with Crippen molar-refractivity contribution in [2.24, 2.45) is 0 Å². The van der Waals surface area contributed by atoms with Crippen molar-refractivity contribution < 1.29 is 9.53 Å². The summed E-state index contributed by atoms with van der Waals surface area (Å²) in [6, 6.07) is 7.26. The van der Waals surface area contributed by atoms with Crippen LogP contribution in [0.4, 0.5) is 0 Å². The molecule has 0 aliphatic heterocycles. The molecule has 0 spiro atoms. The van der Waals surface area contributed by atoms with Crippen LogP contribution >= 0.6 is 11.6 Å². The fourth-order valence-electron chi connectivity index (χ4n) is 1.39. The van der Waals surface area contributed by atoms with E-state index in [2.05, 4.69) is 6.58 Å². The second kappa shape index (κ2) is 6.26. The predicted octanol–water partition coefficient (Wildman–Crippen LogP) is 3.86. The van der Waals surface area contributed by atoms with E-state index in [0.717, 1.165) is 5.56 Å². The summed E-state index contributed by atoms with van der Waals surface area (Å²) in [4.78, 5) is 11.5. The highest BCUT2D eigenvalue weighted by Gasteiger charge is 2.09. The first-order valence-electron chi connectivity index (χ1n) is 5.35. The van der Waals surface area contributed by atoms with E-state index in [9.17, 15) is 4.79 Å². The molecule has 17 heavy (non-hydrogen) atoms. The lowest BCUT2D eigenvalue weighted by Crippen LogP contribution is -2.02. The van der Waals surface area contributed by atoms with E-state index >= 15 is 0 Å². The molecular formula is C14H15ClO2. The van der Waals surface area contributed by atoms with E-state index in [1.54, 1.807) is 18.2 Å². The third-order valence-electron chi connectivity index (χ3n) is 2.16. The molecule has 0 radical (unpaired) electrons. The monoisotopic (exact) mass is 250 g/mol. The lowest BCUT2D eigenvalue weighted by molar-refractivity contribution is -0.113. The summed E-state index contributed by atoms with van der Waals surface area (Å²) in [5, 5.41) is 0.628. The topological polar surface area (TPSA) is 26.3 Å². The molecular weight excluding hydrogens is 236 g/mol. The van der Waals surface area contributed by atoms with Gasteiger partial charge in [0, 0.05) is 5.02 Å². The summed E-state index contributed by atoms with van der Waals surface area (Å²) >= 11 is 5.88. The SMILES string of the molecule is C=C(OCC)/C(=C/c1cccc(Cl)c1)C(C)=O. The predicted molar refractivity (Wildman–Crippen MR) is 70.9 cm³/mol. The lowest BCUT2D eigenvalue weighted by atomic mass is 10.1. The van der Waals surface area contributed by atoms with E-state index in [1.807, 2.05) is 19.1 Å². The van der Waals surface area contributed by atoms with Crippen LogP contribution in [0, 0.1) is 0 Å². The summed E-state index contributed by atoms with van der Waals surface area (Å²) in [5.41, 5.74) is 1.32. The van der Waals surface area contributed by atoms with Crippen molar-refractivity contribution in [3.05, 3.63) is 52.8 Å². The van der Waals surface area contributed by atoms with Gasteiger partial charge in [-0.1, -0.05) is 30.3 Å². The normalized spacial score (nSPS) is 11.1. The summed E-state index contributed by atoms with van der Waals surface area (Å²) in [7, 11) is 0. The molecule has 0 fully saturated rings. The van der Waals surface area contributed by atoms with E-state index in [4.69, 9.17) is 16.3 Å². The van der Waals surface area contributed by atoms with Gasteiger partial charge in [-0.3, -0.25) is 4.79 Å². The molecule has 1 aromatic rings. The molecule has 0 amide bonds. The summed E-state index contributed by atoms with van der Waals surface area (Å²) in [6.07, 6.45) is 1.73. The molecule has 2 nitrogen and oxygen atoms in total. The highest BCUT2D eigenvalue weighted by Crippen LogP contribution is 2.18. The smallest absolute Gasteiger partial charge is 0.163 e. The minimum absolute atomic E-state index is 0.0802. The zero-order valence-corrected chi connectivity index (χ0v) is 10.8. The number of carbonyl (C=O) groups is 1. The fourth-order valence-corrected chi connectivity index (χ4v) is 1.59. The molecule has 0 aliphatic rings. The molecule has 1 aromatic carbocycles. The molecule has 0 saturated heterocycles. The molecule has 0 atom stereocenters. The molecule has 3 heteroatoms. The van der Waals surface area contributed by atoms with Crippen LogP contribution in [0.3, 0.4) is 0 Å². The minimum atomic E-state index is -0.0802. The largest absolute Gasteiger partial charge is 0.494 e. The third-order valence-corrected chi connectivity index (χ3v) is 2.39. The zero-order chi connectivity index (χ0) is 12.8. The Labute approximate surface area is 107 Å². The number of carbonyl (C=O) groups excluding carboxylic acids is 1. The minimum Gasteiger partial charge on any atom is -0.494 e. The van der Waals surface area contributed by atoms with Crippen LogP contribution in [0.5, 0.6) is 0 Å². The molecule has 0 N–H and O–H groups in total. The molecule has 0 heterocycles. The Morgan fingerprint density at radius 1 is 1.53 bits per heavy atom. The van der Waals surface area contributed by atoms with Crippen molar-refractivity contribution in [3.63, 3.8) is 0 Å². The highest BCUT2D eigenvalue weighted by molar-refractivity contribution is 6.30. The molecule has 0 saturated carbocycles. The maximum absolute atomic E-state index is 11.5. The van der Waals surface area contributed by atoms with Crippen LogP contribution < -0.4 is 0 Å². The van der Waals surface area contributed by atoms with Gasteiger partial charge in [-0.05, 0) is 37.6 Å². The number of Topliss-reactive ketones (excluding diaryl/α,β-unsaturated/α-hetero) is 1. The third kappa shape index (κ3) is 4.08. The van der Waals surface area contributed by atoms with E-state index in [-0.39, 0.29) is 5.78 Å². The van der Waals surface area contributed by atoms with E-state index in [1.165, 1.54) is 6.92 Å². The molecule has 0 aliphatic carbocycles. The number of benzene rings is 1. The zero-order valence-electron chi connectivity index (χ0n) is 10.00. The van der Waals surface area contributed by atoms with Gasteiger partial charge >= 0.3 is 0 Å². The summed E-state index contributed by atoms with van der Waals surface area (Å²) < 4.78 is 5.25. The maximum atomic E-state index is 11.5. The molecule has 0 unspecified atom stereocenters. The van der Waals surface area contributed by atoms with Gasteiger partial charge < -0.3 is 4.74 Å². The Bertz CT molecular complexity index is 461.